The van der Waals surface area contributed by atoms with E-state index >= 15 is 0 Å². The Kier molecular flexibility index (Phi) is 4.40. The first kappa shape index (κ1) is 15.3. The van der Waals surface area contributed by atoms with Crippen molar-refractivity contribution in [1.29, 1.82) is 0 Å². The van der Waals surface area contributed by atoms with Crippen LogP contribution in [0.25, 0.3) is 0 Å². The monoisotopic (exact) mass is 284 g/mol. The standard InChI is InChI=1S/C10H9F5N2O2/c1-19-9(18)5-2-4(10(13,14)15)7(8(11)12)6(3-16)17-5/h2,8H,3,16H2,1H3. The van der Waals surface area contributed by atoms with E-state index < -0.39 is 47.6 Å². The third kappa shape index (κ3) is 3.16. The Hall–Kier alpha value is -1.77. The minimum Gasteiger partial charge on any atom is -0.464 e. The topological polar surface area (TPSA) is 65.2 Å². The van der Waals surface area contributed by atoms with Gasteiger partial charge >= 0.3 is 12.1 Å². The molecule has 0 radical (unpaired) electrons. The lowest BCUT2D eigenvalue weighted by atomic mass is 10.0. The summed E-state index contributed by atoms with van der Waals surface area (Å²) < 4.78 is 67.8. The van der Waals surface area contributed by atoms with Gasteiger partial charge in [0.1, 0.15) is 5.69 Å². The molecule has 0 unspecified atom stereocenters. The second kappa shape index (κ2) is 5.47. The van der Waals surface area contributed by atoms with Gasteiger partial charge in [0.15, 0.2) is 0 Å². The summed E-state index contributed by atoms with van der Waals surface area (Å²) in [4.78, 5) is 14.5. The Labute approximate surface area is 104 Å². The number of pyridine rings is 1. The number of hydrogen-bond acceptors (Lipinski definition) is 4. The molecule has 0 aliphatic rings. The third-order valence-corrected chi connectivity index (χ3v) is 2.25. The van der Waals surface area contributed by atoms with E-state index in [4.69, 9.17) is 5.73 Å². The first-order valence-electron chi connectivity index (χ1n) is 4.89. The van der Waals surface area contributed by atoms with Crippen molar-refractivity contribution in [3.8, 4) is 0 Å². The third-order valence-electron chi connectivity index (χ3n) is 2.25. The smallest absolute Gasteiger partial charge is 0.417 e. The van der Waals surface area contributed by atoms with E-state index in [1.165, 1.54) is 0 Å². The van der Waals surface area contributed by atoms with Crippen LogP contribution in [-0.2, 0) is 17.5 Å². The van der Waals surface area contributed by atoms with Gasteiger partial charge in [0, 0.05) is 6.54 Å². The predicted octanol–water partition coefficient (Wildman–Crippen LogP) is 2.28. The number of hydrogen-bond donors (Lipinski definition) is 1. The van der Waals surface area contributed by atoms with Crippen LogP contribution < -0.4 is 5.73 Å². The number of esters is 1. The second-order valence-corrected chi connectivity index (χ2v) is 3.41. The molecule has 106 valence electrons. The van der Waals surface area contributed by atoms with Gasteiger partial charge in [-0.1, -0.05) is 0 Å². The molecule has 2 N–H and O–H groups in total. The molecule has 1 aromatic rings. The first-order chi connectivity index (χ1) is 8.72. The molecular weight excluding hydrogens is 275 g/mol. The molecule has 0 aromatic carbocycles. The Balaban J connectivity index is 3.59. The molecule has 0 aliphatic heterocycles. The summed E-state index contributed by atoms with van der Waals surface area (Å²) in [5, 5.41) is 0. The molecule has 19 heavy (non-hydrogen) atoms. The number of methoxy groups -OCH3 is 1. The molecule has 0 amide bonds. The Morgan fingerprint density at radius 3 is 2.42 bits per heavy atom. The zero-order valence-corrected chi connectivity index (χ0v) is 9.59. The number of alkyl halides is 5. The van der Waals surface area contributed by atoms with Crippen molar-refractivity contribution in [2.45, 2.75) is 19.1 Å². The molecule has 4 nitrogen and oxygen atoms in total. The average molecular weight is 284 g/mol. The molecule has 0 fully saturated rings. The summed E-state index contributed by atoms with van der Waals surface area (Å²) in [5.74, 6) is -1.17. The van der Waals surface area contributed by atoms with Gasteiger partial charge in [-0.15, -0.1) is 0 Å². The SMILES string of the molecule is COC(=O)c1cc(C(F)(F)F)c(C(F)F)c(CN)n1. The summed E-state index contributed by atoms with van der Waals surface area (Å²) >= 11 is 0. The summed E-state index contributed by atoms with van der Waals surface area (Å²) in [5.41, 5.74) is 0.726. The number of carbonyl (C=O) groups is 1. The largest absolute Gasteiger partial charge is 0.464 e. The molecule has 9 heteroatoms. The molecule has 0 saturated carbocycles. The highest BCUT2D eigenvalue weighted by atomic mass is 19.4. The van der Waals surface area contributed by atoms with Crippen molar-refractivity contribution >= 4 is 5.97 Å². The fourth-order valence-corrected chi connectivity index (χ4v) is 1.45. The fourth-order valence-electron chi connectivity index (χ4n) is 1.45. The van der Waals surface area contributed by atoms with Crippen molar-refractivity contribution in [3.63, 3.8) is 0 Å². The van der Waals surface area contributed by atoms with Gasteiger partial charge in [0.2, 0.25) is 0 Å². The molecular formula is C10H9F5N2O2. The highest BCUT2D eigenvalue weighted by Gasteiger charge is 2.38. The fraction of sp³-hybridized carbons (Fsp3) is 0.400. The average Bonchev–Trinajstić information content (AvgIpc) is 2.34. The molecule has 0 aliphatic carbocycles. The van der Waals surface area contributed by atoms with Crippen molar-refractivity contribution < 1.29 is 31.5 Å². The van der Waals surface area contributed by atoms with E-state index in [1.807, 2.05) is 0 Å². The summed E-state index contributed by atoms with van der Waals surface area (Å²) in [6, 6.07) is 0.229. The van der Waals surface area contributed by atoms with Gasteiger partial charge in [-0.3, -0.25) is 0 Å². The number of aromatic nitrogens is 1. The predicted molar refractivity (Wildman–Crippen MR) is 53.4 cm³/mol. The van der Waals surface area contributed by atoms with Crippen LogP contribution in [0.2, 0.25) is 0 Å². The number of nitrogens with two attached hydrogens (primary N) is 1. The minimum atomic E-state index is -5.05. The van der Waals surface area contributed by atoms with Gasteiger partial charge in [-0.05, 0) is 6.07 Å². The number of ether oxygens (including phenoxy) is 1. The normalized spacial score (nSPS) is 11.8. The van der Waals surface area contributed by atoms with Gasteiger partial charge in [0.25, 0.3) is 6.43 Å². The first-order valence-corrected chi connectivity index (χ1v) is 4.89. The summed E-state index contributed by atoms with van der Waals surface area (Å²) in [6.07, 6.45) is -8.46. The van der Waals surface area contributed by atoms with Crippen molar-refractivity contribution in [2.24, 2.45) is 5.73 Å². The maximum absolute atomic E-state index is 12.7. The summed E-state index contributed by atoms with van der Waals surface area (Å²) in [6.45, 7) is -0.659. The zero-order chi connectivity index (χ0) is 14.8. The van der Waals surface area contributed by atoms with E-state index in [1.54, 1.807) is 0 Å². The quantitative estimate of drug-likeness (QED) is 0.683. The number of nitrogens with zero attached hydrogens (tertiary/aromatic N) is 1. The molecule has 0 atom stereocenters. The lowest BCUT2D eigenvalue weighted by Crippen LogP contribution is -2.19. The van der Waals surface area contributed by atoms with Crippen LogP contribution in [-0.4, -0.2) is 18.1 Å². The molecule has 0 spiro atoms. The van der Waals surface area contributed by atoms with Crippen LogP contribution in [0.3, 0.4) is 0 Å². The number of rotatable bonds is 3. The van der Waals surface area contributed by atoms with Crippen LogP contribution in [0, 0.1) is 0 Å². The molecule has 1 rings (SSSR count). The number of halogens is 5. The van der Waals surface area contributed by atoms with Crippen LogP contribution >= 0.6 is 0 Å². The second-order valence-electron chi connectivity index (χ2n) is 3.41. The minimum absolute atomic E-state index is 0.229. The highest BCUT2D eigenvalue weighted by molar-refractivity contribution is 5.87. The molecule has 0 saturated heterocycles. The van der Waals surface area contributed by atoms with Crippen molar-refractivity contribution in [1.82, 2.24) is 4.98 Å². The lowest BCUT2D eigenvalue weighted by Gasteiger charge is -2.16. The maximum Gasteiger partial charge on any atom is 0.417 e. The van der Waals surface area contributed by atoms with E-state index in [0.29, 0.717) is 0 Å². The molecule has 1 aromatic heterocycles. The number of carbonyl (C=O) groups excluding carboxylic acids is 1. The Morgan fingerprint density at radius 1 is 1.47 bits per heavy atom. The lowest BCUT2D eigenvalue weighted by molar-refractivity contribution is -0.139. The zero-order valence-electron chi connectivity index (χ0n) is 9.59. The van der Waals surface area contributed by atoms with E-state index in [2.05, 4.69) is 9.72 Å². The molecule has 0 bridgehead atoms. The highest BCUT2D eigenvalue weighted by Crippen LogP contribution is 2.38. The van der Waals surface area contributed by atoms with Crippen molar-refractivity contribution in [2.75, 3.05) is 7.11 Å². The maximum atomic E-state index is 12.7. The van der Waals surface area contributed by atoms with Crippen LogP contribution in [0.15, 0.2) is 6.07 Å². The Morgan fingerprint density at radius 2 is 2.05 bits per heavy atom. The summed E-state index contributed by atoms with van der Waals surface area (Å²) in [7, 11) is 0.931. The van der Waals surface area contributed by atoms with Crippen LogP contribution in [0.4, 0.5) is 22.0 Å². The van der Waals surface area contributed by atoms with Crippen LogP contribution in [0.5, 0.6) is 0 Å². The Bertz CT molecular complexity index is 488. The van der Waals surface area contributed by atoms with Gasteiger partial charge in [0.05, 0.1) is 23.9 Å². The van der Waals surface area contributed by atoms with E-state index in [0.717, 1.165) is 7.11 Å². The van der Waals surface area contributed by atoms with Gasteiger partial charge in [-0.2, -0.15) is 13.2 Å². The van der Waals surface area contributed by atoms with Crippen molar-refractivity contribution in [3.05, 3.63) is 28.6 Å². The van der Waals surface area contributed by atoms with E-state index in [-0.39, 0.29) is 6.07 Å². The van der Waals surface area contributed by atoms with Gasteiger partial charge < -0.3 is 10.5 Å². The van der Waals surface area contributed by atoms with Crippen LogP contribution in [0.1, 0.15) is 33.7 Å². The van der Waals surface area contributed by atoms with E-state index in [9.17, 15) is 26.7 Å². The van der Waals surface area contributed by atoms with Gasteiger partial charge in [-0.25, -0.2) is 18.6 Å². The molecule has 1 heterocycles.